The number of hydrogen-bond donors (Lipinski definition) is 1. The van der Waals surface area contributed by atoms with Gasteiger partial charge in [-0.3, -0.25) is 14.2 Å². The third-order valence-corrected chi connectivity index (χ3v) is 5.40. The summed E-state index contributed by atoms with van der Waals surface area (Å²) in [6.45, 7) is 0. The molecule has 4 rings (SSSR count). The van der Waals surface area contributed by atoms with Gasteiger partial charge < -0.3 is 5.32 Å². The first-order valence-electron chi connectivity index (χ1n) is 9.26. The number of fused-ring (bicyclic) bond motifs is 1. The molecule has 0 aliphatic carbocycles. The Kier molecular flexibility index (Phi) is 5.78. The molecule has 1 heterocycles. The number of nitrogens with one attached hydrogen (secondary N) is 1. The second-order valence-electron chi connectivity index (χ2n) is 6.55. The van der Waals surface area contributed by atoms with Crippen LogP contribution in [0, 0.1) is 17.1 Å². The monoisotopic (exact) mass is 430 g/mol. The minimum absolute atomic E-state index is 0.00593. The van der Waals surface area contributed by atoms with Crippen molar-refractivity contribution in [3.8, 4) is 11.8 Å². The van der Waals surface area contributed by atoms with Gasteiger partial charge in [-0.25, -0.2) is 9.37 Å². The average molecular weight is 430 g/mol. The van der Waals surface area contributed by atoms with Gasteiger partial charge in [0.15, 0.2) is 5.16 Å². The molecule has 0 spiro atoms. The maximum absolute atomic E-state index is 13.4. The van der Waals surface area contributed by atoms with Crippen LogP contribution in [0.25, 0.3) is 16.6 Å². The Hall–Kier alpha value is -3.96. The standard InChI is InChI=1S/C23H15FN4O2S/c24-16-7-11-18(12-8-16)28-22(30)19-3-1-2-4-20(19)27-23(28)31-14-21(29)26-17-9-5-15(13-25)6-10-17/h1-12H,14H2,(H,26,29). The number of para-hydroxylation sites is 1. The highest BCUT2D eigenvalue weighted by molar-refractivity contribution is 7.99. The number of carbonyl (C=O) groups excluding carboxylic acids is 1. The average Bonchev–Trinajstić information content (AvgIpc) is 2.79. The van der Waals surface area contributed by atoms with Crippen molar-refractivity contribution >= 4 is 34.3 Å². The number of anilines is 1. The summed E-state index contributed by atoms with van der Waals surface area (Å²) in [5.74, 6) is -0.698. The van der Waals surface area contributed by atoms with Crippen LogP contribution in [0.15, 0.2) is 82.7 Å². The van der Waals surface area contributed by atoms with Crippen LogP contribution in [0.2, 0.25) is 0 Å². The fourth-order valence-corrected chi connectivity index (χ4v) is 3.79. The van der Waals surface area contributed by atoms with E-state index in [1.165, 1.54) is 28.8 Å². The van der Waals surface area contributed by atoms with Gasteiger partial charge in [-0.1, -0.05) is 23.9 Å². The lowest BCUT2D eigenvalue weighted by Gasteiger charge is -2.13. The molecule has 0 aliphatic heterocycles. The van der Waals surface area contributed by atoms with E-state index in [0.717, 1.165) is 11.8 Å². The zero-order valence-electron chi connectivity index (χ0n) is 16.1. The van der Waals surface area contributed by atoms with Crippen molar-refractivity contribution in [1.82, 2.24) is 9.55 Å². The Labute approximate surface area is 181 Å². The van der Waals surface area contributed by atoms with Gasteiger partial charge in [0, 0.05) is 5.69 Å². The Morgan fingerprint density at radius 1 is 1.06 bits per heavy atom. The quantitative estimate of drug-likeness (QED) is 0.380. The molecule has 0 unspecified atom stereocenters. The van der Waals surface area contributed by atoms with Crippen LogP contribution in [0.5, 0.6) is 0 Å². The summed E-state index contributed by atoms with van der Waals surface area (Å²) in [6, 6.07) is 21.0. The molecule has 0 saturated carbocycles. The second-order valence-corrected chi connectivity index (χ2v) is 7.50. The molecule has 1 amide bonds. The Bertz CT molecular complexity index is 1360. The number of aromatic nitrogens is 2. The second kappa shape index (κ2) is 8.81. The molecule has 6 nitrogen and oxygen atoms in total. The summed E-state index contributed by atoms with van der Waals surface area (Å²) in [4.78, 5) is 30.1. The number of benzene rings is 3. The molecule has 0 atom stereocenters. The molecular formula is C23H15FN4O2S. The zero-order valence-corrected chi connectivity index (χ0v) is 16.9. The minimum atomic E-state index is -0.415. The summed E-state index contributed by atoms with van der Waals surface area (Å²) in [6.07, 6.45) is 0. The largest absolute Gasteiger partial charge is 0.325 e. The highest BCUT2D eigenvalue weighted by Crippen LogP contribution is 2.22. The summed E-state index contributed by atoms with van der Waals surface area (Å²) >= 11 is 1.10. The number of thioether (sulfide) groups is 1. The van der Waals surface area contributed by atoms with Crippen molar-refractivity contribution in [1.29, 1.82) is 5.26 Å². The van der Waals surface area contributed by atoms with Crippen LogP contribution < -0.4 is 10.9 Å². The van der Waals surface area contributed by atoms with Gasteiger partial charge in [0.05, 0.1) is 34.0 Å². The van der Waals surface area contributed by atoms with Gasteiger partial charge in [0.2, 0.25) is 5.91 Å². The van der Waals surface area contributed by atoms with Gasteiger partial charge in [-0.15, -0.1) is 0 Å². The van der Waals surface area contributed by atoms with E-state index in [4.69, 9.17) is 5.26 Å². The number of carbonyl (C=O) groups is 1. The molecule has 152 valence electrons. The highest BCUT2D eigenvalue weighted by Gasteiger charge is 2.15. The van der Waals surface area contributed by atoms with Crippen LogP contribution in [0.3, 0.4) is 0 Å². The van der Waals surface area contributed by atoms with Crippen molar-refractivity contribution in [2.75, 3.05) is 11.1 Å². The van der Waals surface area contributed by atoms with Crippen molar-refractivity contribution in [2.45, 2.75) is 5.16 Å². The topological polar surface area (TPSA) is 87.8 Å². The van der Waals surface area contributed by atoms with E-state index < -0.39 is 5.82 Å². The lowest BCUT2D eigenvalue weighted by atomic mass is 10.2. The molecule has 1 N–H and O–H groups in total. The number of amides is 1. The van der Waals surface area contributed by atoms with Crippen LogP contribution in [-0.4, -0.2) is 21.2 Å². The van der Waals surface area contributed by atoms with Crippen molar-refractivity contribution in [3.63, 3.8) is 0 Å². The van der Waals surface area contributed by atoms with Crippen LogP contribution in [-0.2, 0) is 4.79 Å². The van der Waals surface area contributed by atoms with E-state index in [1.807, 2.05) is 6.07 Å². The Morgan fingerprint density at radius 3 is 2.48 bits per heavy atom. The molecule has 3 aromatic carbocycles. The molecule has 0 bridgehead atoms. The first kappa shape index (κ1) is 20.3. The van der Waals surface area contributed by atoms with E-state index in [9.17, 15) is 14.0 Å². The molecule has 0 saturated heterocycles. The molecule has 4 aromatic rings. The molecular weight excluding hydrogens is 415 g/mol. The predicted octanol–water partition coefficient (Wildman–Crippen LogP) is 4.13. The summed E-state index contributed by atoms with van der Waals surface area (Å²) in [5, 5.41) is 12.4. The minimum Gasteiger partial charge on any atom is -0.325 e. The zero-order chi connectivity index (χ0) is 21.8. The number of nitriles is 1. The molecule has 8 heteroatoms. The van der Waals surface area contributed by atoms with Crippen LogP contribution in [0.4, 0.5) is 10.1 Å². The molecule has 1 aromatic heterocycles. The third kappa shape index (κ3) is 4.47. The van der Waals surface area contributed by atoms with Crippen molar-refractivity contribution in [2.24, 2.45) is 0 Å². The van der Waals surface area contributed by atoms with Gasteiger partial charge in [-0.2, -0.15) is 5.26 Å². The lowest BCUT2D eigenvalue weighted by Crippen LogP contribution is -2.23. The van der Waals surface area contributed by atoms with Crippen LogP contribution in [0.1, 0.15) is 5.56 Å². The van der Waals surface area contributed by atoms with Gasteiger partial charge in [0.1, 0.15) is 5.82 Å². The fourth-order valence-electron chi connectivity index (χ4n) is 2.98. The Morgan fingerprint density at radius 2 is 1.77 bits per heavy atom. The predicted molar refractivity (Wildman–Crippen MR) is 118 cm³/mol. The number of rotatable bonds is 5. The van der Waals surface area contributed by atoms with Gasteiger partial charge in [-0.05, 0) is 60.7 Å². The van der Waals surface area contributed by atoms with Crippen molar-refractivity contribution < 1.29 is 9.18 Å². The van der Waals surface area contributed by atoms with Gasteiger partial charge in [0.25, 0.3) is 5.56 Å². The Balaban J connectivity index is 1.63. The first-order valence-corrected chi connectivity index (χ1v) is 10.2. The molecule has 0 aliphatic rings. The highest BCUT2D eigenvalue weighted by atomic mass is 32.2. The lowest BCUT2D eigenvalue weighted by molar-refractivity contribution is -0.113. The number of halogens is 1. The van der Waals surface area contributed by atoms with Crippen LogP contribution >= 0.6 is 11.8 Å². The maximum Gasteiger partial charge on any atom is 0.266 e. The molecule has 0 fully saturated rings. The SMILES string of the molecule is N#Cc1ccc(NC(=O)CSc2nc3ccccc3c(=O)n2-c2ccc(F)cc2)cc1. The van der Waals surface area contributed by atoms with E-state index in [0.29, 0.717) is 33.0 Å². The van der Waals surface area contributed by atoms with E-state index >= 15 is 0 Å². The molecule has 0 radical (unpaired) electrons. The van der Waals surface area contributed by atoms with Gasteiger partial charge >= 0.3 is 0 Å². The fraction of sp³-hybridized carbons (Fsp3) is 0.0435. The molecule has 31 heavy (non-hydrogen) atoms. The van der Waals surface area contributed by atoms with E-state index in [2.05, 4.69) is 10.3 Å². The summed E-state index contributed by atoms with van der Waals surface area (Å²) in [5.41, 5.74) is 1.73. The first-order chi connectivity index (χ1) is 15.0. The smallest absolute Gasteiger partial charge is 0.266 e. The third-order valence-electron chi connectivity index (χ3n) is 4.46. The number of nitrogens with zero attached hydrogens (tertiary/aromatic N) is 3. The summed E-state index contributed by atoms with van der Waals surface area (Å²) < 4.78 is 14.8. The van der Waals surface area contributed by atoms with E-state index in [-0.39, 0.29) is 17.2 Å². The maximum atomic E-state index is 13.4. The normalized spacial score (nSPS) is 10.6. The number of hydrogen-bond acceptors (Lipinski definition) is 5. The van der Waals surface area contributed by atoms with Crippen molar-refractivity contribution in [3.05, 3.63) is 94.5 Å². The summed E-state index contributed by atoms with van der Waals surface area (Å²) in [7, 11) is 0. The van der Waals surface area contributed by atoms with E-state index in [1.54, 1.807) is 48.5 Å².